The van der Waals surface area contributed by atoms with Crippen LogP contribution in [0.15, 0.2) is 54.9 Å². The minimum atomic E-state index is -4.68. The number of H-pyrrole nitrogens is 1. The zero-order chi connectivity index (χ0) is 25.5. The van der Waals surface area contributed by atoms with Crippen LogP contribution in [-0.2, 0) is 10.0 Å². The Balaban J connectivity index is 1.78. The van der Waals surface area contributed by atoms with E-state index >= 15 is 4.39 Å². The van der Waals surface area contributed by atoms with Gasteiger partial charge in [0.25, 0.3) is 0 Å². The fourth-order valence-electron chi connectivity index (χ4n) is 3.34. The van der Waals surface area contributed by atoms with Crippen LogP contribution in [0.2, 0.25) is 5.02 Å². The minimum absolute atomic E-state index is 0.0787. The van der Waals surface area contributed by atoms with E-state index in [9.17, 15) is 17.6 Å². The molecule has 4 rings (SSSR count). The fraction of sp³-hybridized carbons (Fsp3) is 0.130. The lowest BCUT2D eigenvalue weighted by molar-refractivity contribution is 0.103. The number of aromatic amines is 1. The predicted molar refractivity (Wildman–Crippen MR) is 124 cm³/mol. The first-order chi connectivity index (χ1) is 16.4. The second kappa shape index (κ2) is 8.92. The third-order valence-corrected chi connectivity index (χ3v) is 6.26. The molecule has 2 aromatic carbocycles. The van der Waals surface area contributed by atoms with Crippen LogP contribution >= 0.6 is 11.6 Å². The molecule has 2 heterocycles. The molecule has 0 saturated carbocycles. The molecule has 0 amide bonds. The number of fused-ring (bicyclic) bond motifs is 1. The Morgan fingerprint density at radius 2 is 1.91 bits per heavy atom. The number of sulfonamides is 1. The first-order valence-electron chi connectivity index (χ1n) is 10.7. The van der Waals surface area contributed by atoms with Gasteiger partial charge in [-0.1, -0.05) is 30.7 Å². The second-order valence-electron chi connectivity index (χ2n) is 7.05. The van der Waals surface area contributed by atoms with E-state index in [1.165, 1.54) is 13.1 Å². The van der Waals surface area contributed by atoms with Crippen molar-refractivity contribution >= 4 is 44.1 Å². The van der Waals surface area contributed by atoms with Crippen molar-refractivity contribution in [3.05, 3.63) is 82.6 Å². The summed E-state index contributed by atoms with van der Waals surface area (Å²) in [7, 11) is -4.68. The van der Waals surface area contributed by atoms with Crippen molar-refractivity contribution in [3.8, 4) is 11.1 Å². The van der Waals surface area contributed by atoms with Crippen molar-refractivity contribution in [1.82, 2.24) is 9.97 Å². The molecule has 4 aromatic rings. The molecule has 0 aliphatic rings. The number of carbonyl (C=O) groups excluding carboxylic acids is 1. The number of nitrogens with zero attached hydrogens (tertiary/aromatic N) is 1. The van der Waals surface area contributed by atoms with Crippen LogP contribution in [0.5, 0.6) is 0 Å². The lowest BCUT2D eigenvalue weighted by atomic mass is 10.00. The monoisotopic (exact) mass is 491 g/mol. The molecule has 0 bridgehead atoms. The average molecular weight is 492 g/mol. The van der Waals surface area contributed by atoms with E-state index in [-0.39, 0.29) is 5.56 Å². The Labute approximate surface area is 196 Å². The number of hydrogen-bond acceptors (Lipinski definition) is 4. The lowest BCUT2D eigenvalue weighted by Gasteiger charge is -2.11. The molecule has 10 heteroatoms. The Bertz CT molecular complexity index is 1560. The van der Waals surface area contributed by atoms with Crippen LogP contribution in [0.4, 0.5) is 14.5 Å². The summed E-state index contributed by atoms with van der Waals surface area (Å²) in [6, 6.07) is 10.0. The number of hydrogen-bond donors (Lipinski definition) is 2. The van der Waals surface area contributed by atoms with Crippen molar-refractivity contribution in [1.29, 1.82) is 0 Å². The molecular weight excluding hydrogens is 472 g/mol. The molecule has 2 N–H and O–H groups in total. The van der Waals surface area contributed by atoms with Crippen molar-refractivity contribution in [3.63, 3.8) is 0 Å². The first-order valence-corrected chi connectivity index (χ1v) is 11.6. The number of aromatic nitrogens is 2. The summed E-state index contributed by atoms with van der Waals surface area (Å²) in [6.07, 6.45) is 2.42. The van der Waals surface area contributed by atoms with Crippen LogP contribution in [0.3, 0.4) is 0 Å². The highest BCUT2D eigenvalue weighted by Crippen LogP contribution is 2.30. The van der Waals surface area contributed by atoms with Gasteiger partial charge < -0.3 is 4.98 Å². The number of benzene rings is 2. The molecule has 0 atom stereocenters. The van der Waals surface area contributed by atoms with Gasteiger partial charge in [-0.05, 0) is 42.3 Å². The van der Waals surface area contributed by atoms with Gasteiger partial charge in [0.1, 0.15) is 11.5 Å². The number of pyridine rings is 1. The smallest absolute Gasteiger partial charge is 0.232 e. The Morgan fingerprint density at radius 3 is 2.61 bits per heavy atom. The lowest BCUT2D eigenvalue weighted by Crippen LogP contribution is -2.18. The molecule has 0 unspecified atom stereocenters. The molecule has 6 nitrogen and oxygen atoms in total. The molecule has 0 radical (unpaired) electrons. The zero-order valence-corrected chi connectivity index (χ0v) is 18.7. The van der Waals surface area contributed by atoms with E-state index in [0.717, 1.165) is 17.7 Å². The van der Waals surface area contributed by atoms with Crippen LogP contribution in [0.1, 0.15) is 32.0 Å². The number of ketones is 1. The molecule has 0 aliphatic heterocycles. The molecule has 0 saturated heterocycles. The molecular formula is C23H18ClF2N3O3S. The minimum Gasteiger partial charge on any atom is -0.345 e. The maximum atomic E-state index is 15.2. The molecule has 33 heavy (non-hydrogen) atoms. The molecule has 0 aliphatic carbocycles. The SMILES string of the molecule is [2H]C([2H])(CC)S(=O)(=O)Nc1ccc(F)c(C(=O)c2c[nH]c3ncc(-c4ccc(Cl)cc4)cc23)c1F. The molecule has 0 fully saturated rings. The van der Waals surface area contributed by atoms with Gasteiger partial charge in [-0.25, -0.2) is 22.2 Å². The number of nitrogens with one attached hydrogen (secondary N) is 2. The number of halogens is 3. The van der Waals surface area contributed by atoms with Crippen LogP contribution in [-0.4, -0.2) is 29.9 Å². The highest BCUT2D eigenvalue weighted by molar-refractivity contribution is 7.92. The van der Waals surface area contributed by atoms with E-state index in [4.69, 9.17) is 14.3 Å². The number of anilines is 1. The van der Waals surface area contributed by atoms with Gasteiger partial charge in [0.05, 0.1) is 17.0 Å². The summed E-state index contributed by atoms with van der Waals surface area (Å²) >= 11 is 5.93. The maximum absolute atomic E-state index is 15.2. The van der Waals surface area contributed by atoms with Gasteiger partial charge in [-0.3, -0.25) is 9.52 Å². The van der Waals surface area contributed by atoms with Gasteiger partial charge in [-0.15, -0.1) is 0 Å². The van der Waals surface area contributed by atoms with Gasteiger partial charge in [0.2, 0.25) is 15.8 Å². The van der Waals surface area contributed by atoms with Crippen molar-refractivity contribution in [2.24, 2.45) is 0 Å². The summed E-state index contributed by atoms with van der Waals surface area (Å²) in [5.74, 6) is -3.70. The van der Waals surface area contributed by atoms with Crippen molar-refractivity contribution in [2.75, 3.05) is 10.4 Å². The van der Waals surface area contributed by atoms with E-state index in [1.54, 1.807) is 41.3 Å². The summed E-state index contributed by atoms with van der Waals surface area (Å²) in [5, 5.41) is 0.836. The van der Waals surface area contributed by atoms with E-state index in [1.807, 2.05) is 0 Å². The summed E-state index contributed by atoms with van der Waals surface area (Å²) in [5.41, 5.74) is -2.83. The van der Waals surface area contributed by atoms with E-state index in [2.05, 4.69) is 9.97 Å². The normalized spacial score (nSPS) is 13.0. The van der Waals surface area contributed by atoms with Crippen molar-refractivity contribution in [2.45, 2.75) is 13.3 Å². The van der Waals surface area contributed by atoms with E-state index < -0.39 is 50.8 Å². The summed E-state index contributed by atoms with van der Waals surface area (Å²) in [4.78, 5) is 20.3. The van der Waals surface area contributed by atoms with Crippen LogP contribution < -0.4 is 4.72 Å². The van der Waals surface area contributed by atoms with Crippen LogP contribution in [0, 0.1) is 11.6 Å². The second-order valence-corrected chi connectivity index (χ2v) is 8.98. The van der Waals surface area contributed by atoms with Gasteiger partial charge >= 0.3 is 0 Å². The summed E-state index contributed by atoms with van der Waals surface area (Å²) in [6.45, 7) is 1.30. The highest BCUT2D eigenvalue weighted by atomic mass is 35.5. The number of carbonyl (C=O) groups is 1. The maximum Gasteiger partial charge on any atom is 0.232 e. The molecule has 2 aromatic heterocycles. The third-order valence-electron chi connectivity index (χ3n) is 4.85. The molecule has 0 spiro atoms. The topological polar surface area (TPSA) is 91.9 Å². The molecule has 170 valence electrons. The quantitative estimate of drug-likeness (QED) is 0.332. The van der Waals surface area contributed by atoms with Crippen LogP contribution in [0.25, 0.3) is 22.2 Å². The number of rotatable bonds is 7. The Kier molecular flexibility index (Phi) is 5.49. The highest BCUT2D eigenvalue weighted by Gasteiger charge is 2.26. The van der Waals surface area contributed by atoms with Gasteiger partial charge in [-0.2, -0.15) is 0 Å². The van der Waals surface area contributed by atoms with Gasteiger partial charge in [0, 0.05) is 36.7 Å². The summed E-state index contributed by atoms with van der Waals surface area (Å²) < 4.78 is 71.5. The standard InChI is InChI=1S/C23H18ClF2N3O3S/c1-2-9-33(31,32)29-19-8-7-18(25)20(21(19)26)22(30)17-12-28-23-16(17)10-14(11-27-23)13-3-5-15(24)6-4-13/h3-8,10-12,29H,2,9H2,1H3,(H,27,28)/i9D2. The Hall–Kier alpha value is -3.30. The predicted octanol–water partition coefficient (Wildman–Crippen LogP) is 5.54. The first kappa shape index (κ1) is 20.3. The van der Waals surface area contributed by atoms with Gasteiger partial charge in [0.15, 0.2) is 5.82 Å². The van der Waals surface area contributed by atoms with Crippen molar-refractivity contribution < 1.29 is 24.7 Å². The fourth-order valence-corrected chi connectivity index (χ4v) is 4.36. The largest absolute Gasteiger partial charge is 0.345 e. The van der Waals surface area contributed by atoms with E-state index in [0.29, 0.717) is 21.6 Å². The Morgan fingerprint density at radius 1 is 1.18 bits per heavy atom. The third kappa shape index (κ3) is 4.60. The average Bonchev–Trinajstić information content (AvgIpc) is 3.24. The zero-order valence-electron chi connectivity index (χ0n) is 19.1.